The Balaban J connectivity index is 2.19. The second-order valence-corrected chi connectivity index (χ2v) is 4.82. The molecule has 1 aromatic carbocycles. The molecule has 0 radical (unpaired) electrons. The molecular formula is C13H19N3O2. The van der Waals surface area contributed by atoms with Crippen LogP contribution in [0.25, 0.3) is 0 Å². The largest absolute Gasteiger partial charge is 0.505 e. The minimum atomic E-state index is -0.153. The molecule has 1 fully saturated rings. The number of phenolic OH excluding ortho intramolecular Hbond substituents is 1. The summed E-state index contributed by atoms with van der Waals surface area (Å²) in [5.74, 6) is -0.270. The monoisotopic (exact) mass is 249 g/mol. The van der Waals surface area contributed by atoms with Crippen LogP contribution in [0.3, 0.4) is 0 Å². The van der Waals surface area contributed by atoms with Gasteiger partial charge in [-0.05, 0) is 26.1 Å². The lowest BCUT2D eigenvalue weighted by atomic mass is 10.1. The van der Waals surface area contributed by atoms with Crippen LogP contribution < -0.4 is 5.73 Å². The first-order valence-corrected chi connectivity index (χ1v) is 6.07. The number of likely N-dealkylation sites (N-methyl/N-ethyl adjacent to an activating group) is 1. The van der Waals surface area contributed by atoms with Crippen LogP contribution in [-0.4, -0.2) is 53.5 Å². The van der Waals surface area contributed by atoms with E-state index < -0.39 is 0 Å². The number of carbonyl (C=O) groups excluding carboxylic acids is 1. The molecule has 1 amide bonds. The van der Waals surface area contributed by atoms with Crippen molar-refractivity contribution in [2.45, 2.75) is 13.0 Å². The quantitative estimate of drug-likeness (QED) is 0.569. The van der Waals surface area contributed by atoms with E-state index in [1.54, 1.807) is 23.1 Å². The van der Waals surface area contributed by atoms with Crippen molar-refractivity contribution in [2.75, 3.05) is 32.4 Å². The molecule has 5 nitrogen and oxygen atoms in total. The molecule has 1 atom stereocenters. The third-order valence-electron chi connectivity index (χ3n) is 3.54. The second kappa shape index (κ2) is 4.86. The predicted octanol–water partition coefficient (Wildman–Crippen LogP) is 0.751. The summed E-state index contributed by atoms with van der Waals surface area (Å²) < 4.78 is 0. The highest BCUT2D eigenvalue weighted by Gasteiger charge is 2.26. The van der Waals surface area contributed by atoms with E-state index in [4.69, 9.17) is 5.73 Å². The van der Waals surface area contributed by atoms with Gasteiger partial charge >= 0.3 is 0 Å². The van der Waals surface area contributed by atoms with Gasteiger partial charge in [0.25, 0.3) is 5.91 Å². The maximum atomic E-state index is 12.3. The van der Waals surface area contributed by atoms with Gasteiger partial charge in [0.05, 0.1) is 11.3 Å². The van der Waals surface area contributed by atoms with Gasteiger partial charge in [-0.25, -0.2) is 0 Å². The van der Waals surface area contributed by atoms with Gasteiger partial charge in [0, 0.05) is 25.7 Å². The molecule has 0 aromatic heterocycles. The standard InChI is InChI=1S/C13H19N3O2/c1-9-8-16(7-6-15(9)2)13(18)10-4-3-5-11(14)12(10)17/h3-5,9,17H,6-8,14H2,1-2H3. The average molecular weight is 249 g/mol. The van der Waals surface area contributed by atoms with Crippen LogP contribution in [-0.2, 0) is 0 Å². The van der Waals surface area contributed by atoms with E-state index in [1.165, 1.54) is 0 Å². The number of hydrogen-bond acceptors (Lipinski definition) is 4. The van der Waals surface area contributed by atoms with Crippen LogP contribution in [0.4, 0.5) is 5.69 Å². The van der Waals surface area contributed by atoms with Crippen molar-refractivity contribution < 1.29 is 9.90 Å². The first-order valence-electron chi connectivity index (χ1n) is 6.07. The Bertz CT molecular complexity index is 462. The van der Waals surface area contributed by atoms with E-state index >= 15 is 0 Å². The average Bonchev–Trinajstić information content (AvgIpc) is 2.35. The molecule has 98 valence electrons. The predicted molar refractivity (Wildman–Crippen MR) is 70.5 cm³/mol. The zero-order chi connectivity index (χ0) is 13.3. The maximum Gasteiger partial charge on any atom is 0.257 e. The number of para-hydroxylation sites is 1. The highest BCUT2D eigenvalue weighted by Crippen LogP contribution is 2.26. The highest BCUT2D eigenvalue weighted by molar-refractivity contribution is 5.98. The third-order valence-corrected chi connectivity index (χ3v) is 3.54. The Kier molecular flexibility index (Phi) is 3.43. The fourth-order valence-electron chi connectivity index (χ4n) is 2.14. The number of phenols is 1. The van der Waals surface area contributed by atoms with Crippen LogP contribution in [0.1, 0.15) is 17.3 Å². The van der Waals surface area contributed by atoms with E-state index in [-0.39, 0.29) is 22.9 Å². The van der Waals surface area contributed by atoms with Crippen LogP contribution in [0.15, 0.2) is 18.2 Å². The third kappa shape index (κ3) is 2.26. The minimum Gasteiger partial charge on any atom is -0.505 e. The number of hydrogen-bond donors (Lipinski definition) is 2. The number of nitrogens with zero attached hydrogens (tertiary/aromatic N) is 2. The lowest BCUT2D eigenvalue weighted by Gasteiger charge is -2.37. The Hall–Kier alpha value is -1.75. The number of amides is 1. The van der Waals surface area contributed by atoms with E-state index in [0.29, 0.717) is 19.1 Å². The molecule has 0 aliphatic carbocycles. The molecule has 3 N–H and O–H groups in total. The van der Waals surface area contributed by atoms with Crippen molar-refractivity contribution in [1.29, 1.82) is 0 Å². The summed E-state index contributed by atoms with van der Waals surface area (Å²) >= 11 is 0. The number of piperazine rings is 1. The van der Waals surface area contributed by atoms with Gasteiger partial charge < -0.3 is 20.6 Å². The molecule has 1 unspecified atom stereocenters. The molecule has 5 heteroatoms. The van der Waals surface area contributed by atoms with Crippen molar-refractivity contribution in [3.05, 3.63) is 23.8 Å². The first kappa shape index (κ1) is 12.7. The first-order chi connectivity index (χ1) is 8.50. The van der Waals surface area contributed by atoms with Gasteiger partial charge in [0.1, 0.15) is 0 Å². The number of nitrogen functional groups attached to an aromatic ring is 1. The molecule has 1 aromatic rings. The summed E-state index contributed by atoms with van der Waals surface area (Å²) in [5, 5.41) is 9.83. The molecule has 0 saturated carbocycles. The number of rotatable bonds is 1. The summed E-state index contributed by atoms with van der Waals surface area (Å²) in [7, 11) is 2.05. The van der Waals surface area contributed by atoms with Crippen LogP contribution in [0, 0.1) is 0 Å². The van der Waals surface area contributed by atoms with Crippen LogP contribution in [0.2, 0.25) is 0 Å². The lowest BCUT2D eigenvalue weighted by Crippen LogP contribution is -2.52. The molecule has 1 saturated heterocycles. The molecule has 0 bridgehead atoms. The van der Waals surface area contributed by atoms with Crippen molar-refractivity contribution in [3.8, 4) is 5.75 Å². The van der Waals surface area contributed by atoms with Gasteiger partial charge in [-0.3, -0.25) is 4.79 Å². The molecule has 2 rings (SSSR count). The van der Waals surface area contributed by atoms with E-state index in [0.717, 1.165) is 6.54 Å². The van der Waals surface area contributed by atoms with Crippen LogP contribution >= 0.6 is 0 Å². The smallest absolute Gasteiger partial charge is 0.257 e. The fraction of sp³-hybridized carbons (Fsp3) is 0.462. The zero-order valence-electron chi connectivity index (χ0n) is 10.8. The molecule has 1 aliphatic rings. The van der Waals surface area contributed by atoms with Gasteiger partial charge in [-0.2, -0.15) is 0 Å². The fourth-order valence-corrected chi connectivity index (χ4v) is 2.14. The van der Waals surface area contributed by atoms with Gasteiger partial charge in [-0.1, -0.05) is 6.07 Å². The van der Waals surface area contributed by atoms with Gasteiger partial charge in [-0.15, -0.1) is 0 Å². The summed E-state index contributed by atoms with van der Waals surface area (Å²) in [5.41, 5.74) is 6.13. The number of nitrogens with two attached hydrogens (primary N) is 1. The molecule has 1 aliphatic heterocycles. The van der Waals surface area contributed by atoms with Gasteiger partial charge in [0.15, 0.2) is 5.75 Å². The lowest BCUT2D eigenvalue weighted by molar-refractivity contribution is 0.0569. The summed E-state index contributed by atoms with van der Waals surface area (Å²) in [6.07, 6.45) is 0. The van der Waals surface area contributed by atoms with Crippen molar-refractivity contribution >= 4 is 11.6 Å². The highest BCUT2D eigenvalue weighted by atomic mass is 16.3. The Labute approximate surface area is 107 Å². The summed E-state index contributed by atoms with van der Waals surface area (Å²) in [6.45, 7) is 4.27. The Morgan fingerprint density at radius 2 is 2.17 bits per heavy atom. The zero-order valence-corrected chi connectivity index (χ0v) is 10.8. The number of benzene rings is 1. The maximum absolute atomic E-state index is 12.3. The Morgan fingerprint density at radius 1 is 1.44 bits per heavy atom. The molecule has 0 spiro atoms. The SMILES string of the molecule is CC1CN(C(=O)c2cccc(N)c2O)CCN1C. The van der Waals surface area contributed by atoms with Crippen LogP contribution in [0.5, 0.6) is 5.75 Å². The number of carbonyl (C=O) groups is 1. The molecule has 18 heavy (non-hydrogen) atoms. The van der Waals surface area contributed by atoms with Crippen molar-refractivity contribution in [2.24, 2.45) is 0 Å². The normalized spacial score (nSPS) is 21.0. The van der Waals surface area contributed by atoms with Crippen molar-refractivity contribution in [1.82, 2.24) is 9.80 Å². The topological polar surface area (TPSA) is 69.8 Å². The summed E-state index contributed by atoms with van der Waals surface area (Å²) in [6, 6.07) is 5.20. The summed E-state index contributed by atoms with van der Waals surface area (Å²) in [4.78, 5) is 16.3. The minimum absolute atomic E-state index is 0.117. The Morgan fingerprint density at radius 3 is 2.83 bits per heavy atom. The van der Waals surface area contributed by atoms with Gasteiger partial charge in [0.2, 0.25) is 0 Å². The molecule has 1 heterocycles. The van der Waals surface area contributed by atoms with Crippen molar-refractivity contribution in [3.63, 3.8) is 0 Å². The number of anilines is 1. The van der Waals surface area contributed by atoms with E-state index in [2.05, 4.69) is 11.8 Å². The van der Waals surface area contributed by atoms with E-state index in [9.17, 15) is 9.90 Å². The van der Waals surface area contributed by atoms with E-state index in [1.807, 2.05) is 7.05 Å². The number of aromatic hydroxyl groups is 1. The molecular weight excluding hydrogens is 230 g/mol. The second-order valence-electron chi connectivity index (χ2n) is 4.82.